The first-order valence-electron chi connectivity index (χ1n) is 32.6. The van der Waals surface area contributed by atoms with E-state index in [-0.39, 0.29) is 16.6 Å². The lowest BCUT2D eigenvalue weighted by atomic mass is 9.67. The minimum absolute atomic E-state index is 0.0196. The number of hydrogen-bond acceptors (Lipinski definition) is 8. The predicted molar refractivity (Wildman–Crippen MR) is 355 cm³/mol. The van der Waals surface area contributed by atoms with E-state index in [0.29, 0.717) is 39.5 Å². The van der Waals surface area contributed by atoms with Gasteiger partial charge in [-0.1, -0.05) is 213 Å². The largest absolute Gasteiger partial charge is 0.496 e. The Labute approximate surface area is 522 Å². The van der Waals surface area contributed by atoms with Crippen molar-refractivity contribution in [3.63, 3.8) is 0 Å². The standard InChI is InChI=1S/C80H88O8/c1-55-49-68(37-41-72(55)85-6)79(45-21-17-13-9-7-10-14-18-22-46-79)69-39-43-74(57(3)51-69)87-77(83)66-35-33-65-54-67(36-34-64(65)53-66)78(84)88-75-44-40-71(52-58(75)4)80(47-23-19-15-11-8-12-16-20-24-48-80)70-38-42-73(56(2)50-70)86-76(82)63-31-29-62(30-32-63)61-27-25-60(26-28-61)59(5)81/h25-44,49-54H,7-24,45-48H2,1-6H3. The van der Waals surface area contributed by atoms with Crippen LogP contribution in [0.3, 0.4) is 0 Å². The molecule has 2 aliphatic rings. The van der Waals surface area contributed by atoms with Gasteiger partial charge in [-0.2, -0.15) is 0 Å². The minimum Gasteiger partial charge on any atom is -0.496 e. The maximum Gasteiger partial charge on any atom is 0.343 e. The Morgan fingerprint density at radius 1 is 0.307 bits per heavy atom. The van der Waals surface area contributed by atoms with E-state index >= 15 is 0 Å². The van der Waals surface area contributed by atoms with Gasteiger partial charge in [-0.05, 0) is 187 Å². The van der Waals surface area contributed by atoms with Crippen molar-refractivity contribution < 1.29 is 38.1 Å². The molecule has 2 saturated carbocycles. The molecule has 10 rings (SSSR count). The first-order chi connectivity index (χ1) is 42.7. The molecule has 0 spiro atoms. The molecule has 2 aliphatic carbocycles. The first kappa shape index (κ1) is 62.9. The Kier molecular flexibility index (Phi) is 20.9. The zero-order valence-corrected chi connectivity index (χ0v) is 52.8. The monoisotopic (exact) mass is 1180 g/mol. The molecule has 0 radical (unpaired) electrons. The fourth-order valence-electron chi connectivity index (χ4n) is 14.0. The van der Waals surface area contributed by atoms with Gasteiger partial charge in [0.2, 0.25) is 0 Å². The molecule has 8 aromatic carbocycles. The number of aryl methyl sites for hydroxylation is 4. The summed E-state index contributed by atoms with van der Waals surface area (Å²) in [6.45, 7) is 9.75. The van der Waals surface area contributed by atoms with Gasteiger partial charge < -0.3 is 18.9 Å². The number of ketones is 1. The van der Waals surface area contributed by atoms with Crippen LogP contribution in [0.4, 0.5) is 0 Å². The summed E-state index contributed by atoms with van der Waals surface area (Å²) < 4.78 is 24.2. The minimum atomic E-state index is -0.460. The fraction of sp³-hybridized carbons (Fsp3) is 0.375. The third-order valence-corrected chi connectivity index (χ3v) is 19.2. The van der Waals surface area contributed by atoms with Gasteiger partial charge in [0.1, 0.15) is 23.0 Å². The molecule has 456 valence electrons. The van der Waals surface area contributed by atoms with Gasteiger partial charge in [-0.25, -0.2) is 14.4 Å². The zero-order chi connectivity index (χ0) is 61.6. The van der Waals surface area contributed by atoms with Crippen LogP contribution in [-0.4, -0.2) is 30.8 Å². The molecular weight excluding hydrogens is 1090 g/mol. The highest BCUT2D eigenvalue weighted by atomic mass is 16.5. The molecule has 0 unspecified atom stereocenters. The van der Waals surface area contributed by atoms with Gasteiger partial charge >= 0.3 is 17.9 Å². The van der Waals surface area contributed by atoms with E-state index in [1.165, 1.54) is 99.3 Å². The molecule has 0 atom stereocenters. The Hall–Kier alpha value is -8.10. The number of carbonyl (C=O) groups excluding carboxylic acids is 4. The van der Waals surface area contributed by atoms with E-state index in [4.69, 9.17) is 18.9 Å². The van der Waals surface area contributed by atoms with Crippen LogP contribution in [0.15, 0.2) is 158 Å². The van der Waals surface area contributed by atoms with Crippen LogP contribution in [0.1, 0.15) is 234 Å². The molecule has 8 aromatic rings. The van der Waals surface area contributed by atoms with E-state index in [2.05, 4.69) is 61.5 Å². The van der Waals surface area contributed by atoms with Crippen molar-refractivity contribution in [3.8, 4) is 34.1 Å². The van der Waals surface area contributed by atoms with Crippen molar-refractivity contribution in [1.29, 1.82) is 0 Å². The molecule has 0 N–H and O–H groups in total. The van der Waals surface area contributed by atoms with Crippen LogP contribution in [0, 0.1) is 27.7 Å². The van der Waals surface area contributed by atoms with Crippen molar-refractivity contribution in [2.45, 2.75) is 187 Å². The Morgan fingerprint density at radius 2 is 0.580 bits per heavy atom. The molecule has 0 bridgehead atoms. The summed E-state index contributed by atoms with van der Waals surface area (Å²) in [4.78, 5) is 53.4. The number of fused-ring (bicyclic) bond motifs is 1. The van der Waals surface area contributed by atoms with Crippen molar-refractivity contribution in [1.82, 2.24) is 0 Å². The lowest BCUT2D eigenvalue weighted by Crippen LogP contribution is -2.29. The second-order valence-corrected chi connectivity index (χ2v) is 25.3. The Bertz CT molecular complexity index is 3730. The van der Waals surface area contributed by atoms with Gasteiger partial charge in [-0.3, -0.25) is 4.79 Å². The third kappa shape index (κ3) is 14.9. The summed E-state index contributed by atoms with van der Waals surface area (Å²) in [7, 11) is 1.74. The highest BCUT2D eigenvalue weighted by Crippen LogP contribution is 2.47. The average molecular weight is 1180 g/mol. The van der Waals surface area contributed by atoms with Crippen molar-refractivity contribution in [2.75, 3.05) is 7.11 Å². The second kappa shape index (κ2) is 29.3. The Balaban J connectivity index is 0.836. The quantitative estimate of drug-likeness (QED) is 0.0639. The first-order valence-corrected chi connectivity index (χ1v) is 32.6. The summed E-state index contributed by atoms with van der Waals surface area (Å²) in [5.74, 6) is 1.16. The van der Waals surface area contributed by atoms with E-state index in [0.717, 1.165) is 114 Å². The van der Waals surface area contributed by atoms with Gasteiger partial charge in [0, 0.05) is 16.4 Å². The van der Waals surface area contributed by atoms with Gasteiger partial charge in [0.15, 0.2) is 5.78 Å². The van der Waals surface area contributed by atoms with Gasteiger partial charge in [-0.15, -0.1) is 0 Å². The molecule has 0 amide bonds. The molecule has 2 fully saturated rings. The van der Waals surface area contributed by atoms with Gasteiger partial charge in [0.05, 0.1) is 23.8 Å². The maximum absolute atomic E-state index is 14.1. The number of methoxy groups -OCH3 is 1. The second-order valence-electron chi connectivity index (χ2n) is 25.3. The fourth-order valence-corrected chi connectivity index (χ4v) is 14.0. The van der Waals surface area contributed by atoms with Crippen LogP contribution in [-0.2, 0) is 10.8 Å². The molecule has 0 saturated heterocycles. The van der Waals surface area contributed by atoms with E-state index in [1.807, 2.05) is 99.6 Å². The smallest absolute Gasteiger partial charge is 0.343 e. The summed E-state index contributed by atoms with van der Waals surface area (Å²) in [5, 5.41) is 1.61. The summed E-state index contributed by atoms with van der Waals surface area (Å²) >= 11 is 0. The summed E-state index contributed by atoms with van der Waals surface area (Å²) in [6, 6.07) is 51.4. The molecule has 8 heteroatoms. The van der Waals surface area contributed by atoms with Crippen LogP contribution in [0.2, 0.25) is 0 Å². The van der Waals surface area contributed by atoms with Crippen LogP contribution < -0.4 is 18.9 Å². The Morgan fingerprint density at radius 3 is 0.875 bits per heavy atom. The van der Waals surface area contributed by atoms with E-state index < -0.39 is 17.9 Å². The lowest BCUT2D eigenvalue weighted by molar-refractivity contribution is 0.0724. The number of Topliss-reactive ketones (excluding diaryl/α,β-unsaturated/α-hetero) is 1. The van der Waals surface area contributed by atoms with Crippen molar-refractivity contribution in [2.24, 2.45) is 0 Å². The molecule has 8 nitrogen and oxygen atoms in total. The molecular formula is C80H88O8. The summed E-state index contributed by atoms with van der Waals surface area (Å²) in [5.41, 5.74) is 12.1. The van der Waals surface area contributed by atoms with Crippen LogP contribution in [0.25, 0.3) is 21.9 Å². The predicted octanol–water partition coefficient (Wildman–Crippen LogP) is 20.8. The number of rotatable bonds is 13. The highest BCUT2D eigenvalue weighted by Gasteiger charge is 2.37. The molecule has 0 heterocycles. The van der Waals surface area contributed by atoms with Gasteiger partial charge in [0.25, 0.3) is 0 Å². The van der Waals surface area contributed by atoms with Crippen molar-refractivity contribution >= 4 is 34.5 Å². The normalized spacial score (nSPS) is 16.1. The van der Waals surface area contributed by atoms with Crippen LogP contribution >= 0.6 is 0 Å². The SMILES string of the molecule is COc1ccc(C2(c3ccc(OC(=O)c4ccc5cc(C(=O)Oc6ccc(C7(c8ccc(OC(=O)c9ccc(-c%10ccc(C(C)=O)cc%10)cc9)c(C)c8)CCCCCCCCCCC7)cc6C)ccc5c4)c(C)c3)CCCCCCCCCCC2)cc1C. The number of ether oxygens (including phenoxy) is 4. The number of hydrogen-bond donors (Lipinski definition) is 0. The van der Waals surface area contributed by atoms with Crippen molar-refractivity contribution in [3.05, 3.63) is 224 Å². The van der Waals surface area contributed by atoms with E-state index in [9.17, 15) is 19.2 Å². The number of esters is 3. The zero-order valence-electron chi connectivity index (χ0n) is 52.8. The van der Waals surface area contributed by atoms with E-state index in [1.54, 1.807) is 38.3 Å². The maximum atomic E-state index is 14.1. The number of benzene rings is 8. The number of carbonyl (C=O) groups is 4. The lowest BCUT2D eigenvalue weighted by Gasteiger charge is -2.37. The average Bonchev–Trinajstić information content (AvgIpc) is 1.22. The third-order valence-electron chi connectivity index (χ3n) is 19.2. The highest BCUT2D eigenvalue weighted by molar-refractivity contribution is 6.00. The summed E-state index contributed by atoms with van der Waals surface area (Å²) in [6.07, 6.45) is 26.1. The topological polar surface area (TPSA) is 105 Å². The van der Waals surface area contributed by atoms with Crippen LogP contribution in [0.5, 0.6) is 23.0 Å². The molecule has 0 aliphatic heterocycles. The molecule has 0 aromatic heterocycles. The molecule has 88 heavy (non-hydrogen) atoms.